The Bertz CT molecular complexity index is 1370. The maximum atomic E-state index is 12.2. The standard InChI is InChI=1S/C25H20N4O2S/c30-24(17-32-25-27-21-11-5-7-13-23(21)31-25)28-26-14-19-16-29(15-18-8-2-1-3-9-18)22-12-6-4-10-20(19)22/h1-14,16H,15,17H2,(H,28,30)/b26-14+. The van der Waals surface area contributed by atoms with Crippen LogP contribution in [0.5, 0.6) is 0 Å². The molecule has 3 aromatic carbocycles. The van der Waals surface area contributed by atoms with Crippen LogP contribution >= 0.6 is 11.8 Å². The molecule has 7 heteroatoms. The molecule has 0 aliphatic heterocycles. The van der Waals surface area contributed by atoms with Gasteiger partial charge in [-0.15, -0.1) is 0 Å². The van der Waals surface area contributed by atoms with Crippen LogP contribution in [0.2, 0.25) is 0 Å². The van der Waals surface area contributed by atoms with Gasteiger partial charge in [-0.05, 0) is 23.8 Å². The third-order valence-corrected chi connectivity index (χ3v) is 5.84. The van der Waals surface area contributed by atoms with E-state index in [2.05, 4.69) is 50.5 Å². The summed E-state index contributed by atoms with van der Waals surface area (Å²) < 4.78 is 7.81. The summed E-state index contributed by atoms with van der Waals surface area (Å²) in [6.45, 7) is 0.767. The summed E-state index contributed by atoms with van der Waals surface area (Å²) in [5.41, 5.74) is 7.37. The van der Waals surface area contributed by atoms with Crippen LogP contribution in [-0.2, 0) is 11.3 Å². The van der Waals surface area contributed by atoms with Gasteiger partial charge in [0.1, 0.15) is 5.52 Å². The van der Waals surface area contributed by atoms with E-state index in [9.17, 15) is 4.79 Å². The average Bonchev–Trinajstić information content (AvgIpc) is 3.40. The van der Waals surface area contributed by atoms with Crippen molar-refractivity contribution in [3.63, 3.8) is 0 Å². The summed E-state index contributed by atoms with van der Waals surface area (Å²) in [4.78, 5) is 16.6. The van der Waals surface area contributed by atoms with E-state index in [0.29, 0.717) is 10.8 Å². The molecular weight excluding hydrogens is 420 g/mol. The molecule has 2 heterocycles. The van der Waals surface area contributed by atoms with Crippen LogP contribution in [-0.4, -0.2) is 27.4 Å². The van der Waals surface area contributed by atoms with E-state index in [1.165, 1.54) is 17.3 Å². The molecule has 1 N–H and O–H groups in total. The van der Waals surface area contributed by atoms with E-state index < -0.39 is 0 Å². The Morgan fingerprint density at radius 3 is 2.69 bits per heavy atom. The highest BCUT2D eigenvalue weighted by Gasteiger charge is 2.10. The maximum absolute atomic E-state index is 12.2. The first-order valence-electron chi connectivity index (χ1n) is 10.2. The molecule has 5 rings (SSSR count). The summed E-state index contributed by atoms with van der Waals surface area (Å²) >= 11 is 1.24. The molecule has 0 aliphatic rings. The van der Waals surface area contributed by atoms with Crippen LogP contribution in [0.3, 0.4) is 0 Å². The van der Waals surface area contributed by atoms with Gasteiger partial charge in [-0.3, -0.25) is 4.79 Å². The maximum Gasteiger partial charge on any atom is 0.257 e. The van der Waals surface area contributed by atoms with Crippen molar-refractivity contribution in [1.29, 1.82) is 0 Å². The number of thioether (sulfide) groups is 1. The van der Waals surface area contributed by atoms with E-state index in [1.54, 1.807) is 6.21 Å². The third-order valence-electron chi connectivity index (χ3n) is 5.01. The van der Waals surface area contributed by atoms with Crippen molar-refractivity contribution in [3.8, 4) is 0 Å². The largest absolute Gasteiger partial charge is 0.431 e. The van der Waals surface area contributed by atoms with Crippen LogP contribution in [0.15, 0.2) is 99.8 Å². The van der Waals surface area contributed by atoms with Gasteiger partial charge in [0.05, 0.1) is 12.0 Å². The Kier molecular flexibility index (Phi) is 5.72. The second kappa shape index (κ2) is 9.11. The van der Waals surface area contributed by atoms with E-state index >= 15 is 0 Å². The van der Waals surface area contributed by atoms with Crippen LogP contribution in [0, 0.1) is 0 Å². The number of nitrogens with one attached hydrogen (secondary N) is 1. The first-order chi connectivity index (χ1) is 15.8. The van der Waals surface area contributed by atoms with Gasteiger partial charge in [0.25, 0.3) is 11.1 Å². The van der Waals surface area contributed by atoms with Crippen LogP contribution in [0.25, 0.3) is 22.0 Å². The Morgan fingerprint density at radius 2 is 1.81 bits per heavy atom. The number of amides is 1. The molecule has 1 amide bonds. The van der Waals surface area contributed by atoms with Crippen molar-refractivity contribution in [2.75, 3.05) is 5.75 Å². The molecule has 0 saturated carbocycles. The Balaban J connectivity index is 1.24. The van der Waals surface area contributed by atoms with Crippen LogP contribution in [0.1, 0.15) is 11.1 Å². The van der Waals surface area contributed by atoms with Crippen molar-refractivity contribution in [2.45, 2.75) is 11.8 Å². The number of carbonyl (C=O) groups is 1. The van der Waals surface area contributed by atoms with E-state index in [4.69, 9.17) is 4.42 Å². The number of nitrogens with zero attached hydrogens (tertiary/aromatic N) is 3. The predicted octanol–water partition coefficient (Wildman–Crippen LogP) is 5.07. The molecule has 0 spiro atoms. The lowest BCUT2D eigenvalue weighted by Crippen LogP contribution is -2.19. The fourth-order valence-corrected chi connectivity index (χ4v) is 4.17. The van der Waals surface area contributed by atoms with Crippen molar-refractivity contribution >= 4 is 45.9 Å². The van der Waals surface area contributed by atoms with Crippen LogP contribution in [0.4, 0.5) is 0 Å². The van der Waals surface area contributed by atoms with Gasteiger partial charge < -0.3 is 8.98 Å². The highest BCUT2D eigenvalue weighted by molar-refractivity contribution is 7.99. The Hall–Kier alpha value is -3.84. The molecule has 0 radical (unpaired) electrons. The van der Waals surface area contributed by atoms with E-state index in [-0.39, 0.29) is 11.7 Å². The zero-order valence-electron chi connectivity index (χ0n) is 17.1. The fraction of sp³-hybridized carbons (Fsp3) is 0.0800. The topological polar surface area (TPSA) is 72.4 Å². The van der Waals surface area contributed by atoms with Gasteiger partial charge >= 0.3 is 0 Å². The molecule has 158 valence electrons. The molecule has 5 aromatic rings. The number of para-hydroxylation sites is 3. The number of benzene rings is 3. The minimum absolute atomic E-state index is 0.167. The van der Waals surface area contributed by atoms with Crippen LogP contribution < -0.4 is 5.43 Å². The number of rotatable bonds is 7. The molecule has 0 saturated heterocycles. The molecule has 0 atom stereocenters. The quantitative estimate of drug-likeness (QED) is 0.218. The molecule has 32 heavy (non-hydrogen) atoms. The van der Waals surface area contributed by atoms with Crippen molar-refractivity contribution in [3.05, 3.63) is 96.2 Å². The smallest absolute Gasteiger partial charge is 0.257 e. The monoisotopic (exact) mass is 440 g/mol. The summed E-state index contributed by atoms with van der Waals surface area (Å²) in [5, 5.41) is 5.72. The summed E-state index contributed by atoms with van der Waals surface area (Å²) in [6, 6.07) is 26.0. The first kappa shape index (κ1) is 20.1. The molecule has 2 aromatic heterocycles. The number of oxazole rings is 1. The normalized spacial score (nSPS) is 11.5. The van der Waals surface area contributed by atoms with Crippen molar-refractivity contribution in [2.24, 2.45) is 5.10 Å². The summed E-state index contributed by atoms with van der Waals surface area (Å²) in [5.74, 6) is -0.0542. The lowest BCUT2D eigenvalue weighted by atomic mass is 10.2. The molecule has 6 nitrogen and oxygen atoms in total. The lowest BCUT2D eigenvalue weighted by Gasteiger charge is -2.05. The zero-order valence-corrected chi connectivity index (χ0v) is 18.0. The minimum Gasteiger partial charge on any atom is -0.431 e. The molecular formula is C25H20N4O2S. The van der Waals surface area contributed by atoms with Gasteiger partial charge in [-0.1, -0.05) is 72.4 Å². The Labute approximate surface area is 189 Å². The molecule has 0 fully saturated rings. The number of hydrazone groups is 1. The molecule has 0 aliphatic carbocycles. The van der Waals surface area contributed by atoms with Gasteiger partial charge in [-0.25, -0.2) is 10.4 Å². The average molecular weight is 441 g/mol. The number of hydrogen-bond donors (Lipinski definition) is 1. The van der Waals surface area contributed by atoms with Gasteiger partial charge in [0, 0.05) is 29.2 Å². The minimum atomic E-state index is -0.221. The Morgan fingerprint density at radius 1 is 1.03 bits per heavy atom. The number of fused-ring (bicyclic) bond motifs is 2. The van der Waals surface area contributed by atoms with Gasteiger partial charge in [-0.2, -0.15) is 5.10 Å². The number of aromatic nitrogens is 2. The fourth-order valence-electron chi connectivity index (χ4n) is 3.54. The molecule has 0 unspecified atom stereocenters. The highest BCUT2D eigenvalue weighted by Crippen LogP contribution is 2.23. The second-order valence-corrected chi connectivity index (χ2v) is 8.17. The predicted molar refractivity (Wildman–Crippen MR) is 128 cm³/mol. The lowest BCUT2D eigenvalue weighted by molar-refractivity contribution is -0.118. The zero-order chi connectivity index (χ0) is 21.8. The molecule has 0 bridgehead atoms. The number of hydrogen-bond acceptors (Lipinski definition) is 5. The van der Waals surface area contributed by atoms with E-state index in [1.807, 2.05) is 54.6 Å². The van der Waals surface area contributed by atoms with Crippen molar-refractivity contribution in [1.82, 2.24) is 15.0 Å². The number of carbonyl (C=O) groups excluding carboxylic acids is 1. The second-order valence-electron chi connectivity index (χ2n) is 7.24. The third kappa shape index (κ3) is 4.43. The summed E-state index contributed by atoms with van der Waals surface area (Å²) in [6.07, 6.45) is 3.74. The highest BCUT2D eigenvalue weighted by atomic mass is 32.2. The summed E-state index contributed by atoms with van der Waals surface area (Å²) in [7, 11) is 0. The first-order valence-corrected chi connectivity index (χ1v) is 11.2. The van der Waals surface area contributed by atoms with Gasteiger partial charge in [0.2, 0.25) is 0 Å². The van der Waals surface area contributed by atoms with Crippen molar-refractivity contribution < 1.29 is 9.21 Å². The van der Waals surface area contributed by atoms with Gasteiger partial charge in [0.15, 0.2) is 5.58 Å². The SMILES string of the molecule is O=C(CSc1nc2ccccc2o1)N/N=C/c1cn(Cc2ccccc2)c2ccccc12. The van der Waals surface area contributed by atoms with E-state index in [0.717, 1.165) is 28.5 Å².